The summed E-state index contributed by atoms with van der Waals surface area (Å²) in [7, 11) is -2.37. The number of nitrogens with zero attached hydrogens (tertiary/aromatic N) is 1. The molecule has 0 saturated heterocycles. The maximum absolute atomic E-state index is 12.9. The van der Waals surface area contributed by atoms with E-state index in [9.17, 15) is 26.4 Å². The second-order valence-electron chi connectivity index (χ2n) is 6.72. The number of anilines is 2. The minimum Gasteiger partial charge on any atom is -0.322 e. The van der Waals surface area contributed by atoms with Gasteiger partial charge in [-0.2, -0.15) is 13.2 Å². The molecule has 1 N–H and O–H groups in total. The van der Waals surface area contributed by atoms with E-state index in [1.54, 1.807) is 12.1 Å². The highest BCUT2D eigenvalue weighted by Crippen LogP contribution is 2.30. The highest BCUT2D eigenvalue weighted by Gasteiger charge is 2.30. The van der Waals surface area contributed by atoms with Gasteiger partial charge in [0.1, 0.15) is 0 Å². The molecule has 0 saturated carbocycles. The van der Waals surface area contributed by atoms with Crippen molar-refractivity contribution in [1.29, 1.82) is 0 Å². The van der Waals surface area contributed by atoms with Gasteiger partial charge in [-0.1, -0.05) is 0 Å². The second kappa shape index (κ2) is 9.25. The van der Waals surface area contributed by atoms with Crippen LogP contribution in [0.5, 0.6) is 0 Å². The van der Waals surface area contributed by atoms with Gasteiger partial charge < -0.3 is 5.32 Å². The zero-order chi connectivity index (χ0) is 23.5. The Morgan fingerprint density at radius 1 is 0.906 bits per heavy atom. The quantitative estimate of drug-likeness (QED) is 0.473. The van der Waals surface area contributed by atoms with Crippen molar-refractivity contribution in [2.75, 3.05) is 22.9 Å². The first-order chi connectivity index (χ1) is 15.0. The van der Waals surface area contributed by atoms with Crippen LogP contribution in [0.3, 0.4) is 0 Å². The molecule has 10 heteroatoms. The first-order valence-electron chi connectivity index (χ1n) is 9.24. The van der Waals surface area contributed by atoms with Crippen LogP contribution in [0.25, 0.3) is 0 Å². The van der Waals surface area contributed by atoms with Crippen LogP contribution in [0.4, 0.5) is 24.5 Å². The molecule has 3 aromatic rings. The predicted octanol–water partition coefficient (Wildman–Crippen LogP) is 5.50. The SMILES string of the molecule is CSc1ccc(S(=O)(=O)N(C)c2ccc(C(=O)Nc3ccc(C(F)(F)F)cc3)cc2)cc1. The first-order valence-corrected chi connectivity index (χ1v) is 11.9. The second-order valence-corrected chi connectivity index (χ2v) is 9.57. The molecule has 0 aliphatic carbocycles. The molecule has 0 radical (unpaired) electrons. The third-order valence-corrected chi connectivity index (χ3v) is 7.22. The summed E-state index contributed by atoms with van der Waals surface area (Å²) in [5.41, 5.74) is -0.0264. The Hall–Kier alpha value is -2.98. The van der Waals surface area contributed by atoms with Crippen LogP contribution in [0.1, 0.15) is 15.9 Å². The number of sulfonamides is 1. The van der Waals surface area contributed by atoms with Crippen LogP contribution in [0.2, 0.25) is 0 Å². The van der Waals surface area contributed by atoms with Gasteiger partial charge in [-0.05, 0) is 79.1 Å². The summed E-state index contributed by atoms with van der Waals surface area (Å²) in [6, 6.07) is 16.4. The van der Waals surface area contributed by atoms with Crippen LogP contribution in [-0.2, 0) is 16.2 Å². The number of thioether (sulfide) groups is 1. The lowest BCUT2D eigenvalue weighted by Crippen LogP contribution is -2.26. The zero-order valence-electron chi connectivity index (χ0n) is 17.1. The number of nitrogens with one attached hydrogen (secondary N) is 1. The zero-order valence-corrected chi connectivity index (χ0v) is 18.7. The molecule has 168 valence electrons. The standard InChI is InChI=1S/C22H19F3N2O3S2/c1-27(32(29,30)20-13-11-19(31-2)12-14-20)18-9-3-15(4-10-18)21(28)26-17-7-5-16(6-8-17)22(23,24)25/h3-14H,1-2H3,(H,26,28). The number of carbonyl (C=O) groups is 1. The molecule has 0 fully saturated rings. The van der Waals surface area contributed by atoms with Crippen molar-refractivity contribution in [2.24, 2.45) is 0 Å². The number of benzene rings is 3. The average Bonchev–Trinajstić information content (AvgIpc) is 2.78. The van der Waals surface area contributed by atoms with E-state index >= 15 is 0 Å². The molecule has 3 rings (SSSR count). The van der Waals surface area contributed by atoms with Gasteiger partial charge in [0.25, 0.3) is 15.9 Å². The summed E-state index contributed by atoms with van der Waals surface area (Å²) in [6.07, 6.45) is -2.56. The Bertz CT molecular complexity index is 1190. The summed E-state index contributed by atoms with van der Waals surface area (Å²) in [4.78, 5) is 13.5. The van der Waals surface area contributed by atoms with Crippen LogP contribution in [0.15, 0.2) is 82.6 Å². The van der Waals surface area contributed by atoms with Crippen molar-refractivity contribution < 1.29 is 26.4 Å². The van der Waals surface area contributed by atoms with E-state index in [0.29, 0.717) is 5.69 Å². The van der Waals surface area contributed by atoms with E-state index in [-0.39, 0.29) is 16.1 Å². The number of carbonyl (C=O) groups excluding carboxylic acids is 1. The van der Waals surface area contributed by atoms with Gasteiger partial charge in [-0.3, -0.25) is 9.10 Å². The molecular formula is C22H19F3N2O3S2. The molecule has 0 bridgehead atoms. The Balaban J connectivity index is 1.72. The number of hydrogen-bond donors (Lipinski definition) is 1. The molecule has 0 aromatic heterocycles. The van der Waals surface area contributed by atoms with Gasteiger partial charge in [0.05, 0.1) is 16.1 Å². The van der Waals surface area contributed by atoms with Crippen molar-refractivity contribution in [2.45, 2.75) is 16.0 Å². The molecule has 0 heterocycles. The van der Waals surface area contributed by atoms with Gasteiger partial charge >= 0.3 is 6.18 Å². The molecule has 0 aliphatic heterocycles. The fourth-order valence-corrected chi connectivity index (χ4v) is 4.42. The Kier molecular flexibility index (Phi) is 6.85. The monoisotopic (exact) mass is 480 g/mol. The molecule has 0 aliphatic rings. The average molecular weight is 481 g/mol. The van der Waals surface area contributed by atoms with Crippen molar-refractivity contribution in [3.63, 3.8) is 0 Å². The van der Waals surface area contributed by atoms with Gasteiger partial charge in [-0.15, -0.1) is 11.8 Å². The van der Waals surface area contributed by atoms with Crippen molar-refractivity contribution in [1.82, 2.24) is 0 Å². The topological polar surface area (TPSA) is 66.5 Å². The molecule has 3 aromatic carbocycles. The minimum absolute atomic E-state index is 0.141. The highest BCUT2D eigenvalue weighted by molar-refractivity contribution is 7.98. The lowest BCUT2D eigenvalue weighted by Gasteiger charge is -2.20. The maximum Gasteiger partial charge on any atom is 0.416 e. The number of halogens is 3. The highest BCUT2D eigenvalue weighted by atomic mass is 32.2. The van der Waals surface area contributed by atoms with Crippen molar-refractivity contribution in [3.05, 3.63) is 83.9 Å². The lowest BCUT2D eigenvalue weighted by molar-refractivity contribution is -0.137. The molecule has 0 atom stereocenters. The Labute approximate surface area is 188 Å². The van der Waals surface area contributed by atoms with Crippen molar-refractivity contribution in [3.8, 4) is 0 Å². The minimum atomic E-state index is -4.46. The van der Waals surface area contributed by atoms with Crippen LogP contribution < -0.4 is 9.62 Å². The van der Waals surface area contributed by atoms with E-state index < -0.39 is 27.7 Å². The summed E-state index contributed by atoms with van der Waals surface area (Å²) in [6.45, 7) is 0. The number of amides is 1. The van der Waals surface area contributed by atoms with Gasteiger partial charge in [0.15, 0.2) is 0 Å². The predicted molar refractivity (Wildman–Crippen MR) is 120 cm³/mol. The fourth-order valence-electron chi connectivity index (χ4n) is 2.81. The maximum atomic E-state index is 12.9. The fraction of sp³-hybridized carbons (Fsp3) is 0.136. The smallest absolute Gasteiger partial charge is 0.322 e. The third-order valence-electron chi connectivity index (χ3n) is 4.68. The largest absolute Gasteiger partial charge is 0.416 e. The number of alkyl halides is 3. The first kappa shape index (κ1) is 23.7. The molecule has 5 nitrogen and oxygen atoms in total. The Morgan fingerprint density at radius 3 is 1.97 bits per heavy atom. The summed E-state index contributed by atoms with van der Waals surface area (Å²) >= 11 is 1.50. The van der Waals surface area contributed by atoms with E-state index in [4.69, 9.17) is 0 Å². The van der Waals surface area contributed by atoms with Gasteiger partial charge in [-0.25, -0.2) is 8.42 Å². The van der Waals surface area contributed by atoms with E-state index in [1.165, 1.54) is 55.2 Å². The summed E-state index contributed by atoms with van der Waals surface area (Å²) in [5, 5.41) is 2.51. The molecule has 32 heavy (non-hydrogen) atoms. The van der Waals surface area contributed by atoms with Crippen LogP contribution in [0, 0.1) is 0 Å². The van der Waals surface area contributed by atoms with Crippen LogP contribution >= 0.6 is 11.8 Å². The number of rotatable bonds is 6. The molecule has 0 unspecified atom stereocenters. The lowest BCUT2D eigenvalue weighted by atomic mass is 10.1. The van der Waals surface area contributed by atoms with Crippen LogP contribution in [-0.4, -0.2) is 27.6 Å². The normalized spacial score (nSPS) is 11.8. The third kappa shape index (κ3) is 5.25. The molecular weight excluding hydrogens is 461 g/mol. The van der Waals surface area contributed by atoms with Crippen molar-refractivity contribution >= 4 is 39.1 Å². The van der Waals surface area contributed by atoms with Gasteiger partial charge in [0, 0.05) is 23.2 Å². The van der Waals surface area contributed by atoms with E-state index in [1.807, 2.05) is 6.26 Å². The van der Waals surface area contributed by atoms with E-state index in [0.717, 1.165) is 33.5 Å². The summed E-state index contributed by atoms with van der Waals surface area (Å²) < 4.78 is 64.7. The molecule has 1 amide bonds. The van der Waals surface area contributed by atoms with Gasteiger partial charge in [0.2, 0.25) is 0 Å². The summed E-state index contributed by atoms with van der Waals surface area (Å²) in [5.74, 6) is -0.533. The Morgan fingerprint density at radius 2 is 1.47 bits per heavy atom. The molecule has 0 spiro atoms. The van der Waals surface area contributed by atoms with E-state index in [2.05, 4.69) is 5.32 Å². The number of hydrogen-bond acceptors (Lipinski definition) is 4.